The number of hydrogen-bond acceptors (Lipinski definition) is 4. The summed E-state index contributed by atoms with van der Waals surface area (Å²) in [5.41, 5.74) is 3.66. The van der Waals surface area contributed by atoms with Crippen molar-refractivity contribution in [3.63, 3.8) is 0 Å². The first-order valence-corrected chi connectivity index (χ1v) is 9.85. The van der Waals surface area contributed by atoms with Crippen molar-refractivity contribution >= 4 is 5.91 Å². The number of benzene rings is 1. The molecule has 142 valence electrons. The zero-order valence-corrected chi connectivity index (χ0v) is 16.6. The summed E-state index contributed by atoms with van der Waals surface area (Å²) >= 11 is 0. The molecule has 3 atom stereocenters. The Morgan fingerprint density at radius 1 is 1.19 bits per heavy atom. The number of aryl methyl sites for hydroxylation is 2. The fourth-order valence-corrected chi connectivity index (χ4v) is 4.46. The summed E-state index contributed by atoms with van der Waals surface area (Å²) < 4.78 is 0. The number of piperidine rings is 1. The van der Waals surface area contributed by atoms with Crippen LogP contribution in [0.2, 0.25) is 0 Å². The quantitative estimate of drug-likeness (QED) is 0.819. The predicted octanol–water partition coefficient (Wildman–Crippen LogP) is 2.89. The van der Waals surface area contributed by atoms with E-state index in [0.717, 1.165) is 60.3 Å². The minimum absolute atomic E-state index is 0.147. The fourth-order valence-electron chi connectivity index (χ4n) is 4.46. The van der Waals surface area contributed by atoms with Gasteiger partial charge in [0.15, 0.2) is 0 Å². The SMILES string of the molecule is CCc1cc(-c2cccc(C(=O)N3C[C@@H]4C(CN(C)C)[C@@H]4C3)c2)nc(C)n1. The molecule has 0 bridgehead atoms. The molecule has 2 aliphatic rings. The molecule has 1 saturated heterocycles. The van der Waals surface area contributed by atoms with Crippen LogP contribution in [0.25, 0.3) is 11.3 Å². The van der Waals surface area contributed by atoms with E-state index >= 15 is 0 Å². The Morgan fingerprint density at radius 3 is 2.59 bits per heavy atom. The summed E-state index contributed by atoms with van der Waals surface area (Å²) in [5, 5.41) is 0. The van der Waals surface area contributed by atoms with Gasteiger partial charge in [0.05, 0.1) is 5.69 Å². The van der Waals surface area contributed by atoms with Gasteiger partial charge in [0, 0.05) is 36.5 Å². The van der Waals surface area contributed by atoms with Crippen molar-refractivity contribution in [2.45, 2.75) is 20.3 Å². The number of carbonyl (C=O) groups excluding carboxylic acids is 1. The third-order valence-corrected chi connectivity index (χ3v) is 5.89. The van der Waals surface area contributed by atoms with E-state index in [1.807, 2.05) is 42.2 Å². The first-order valence-electron chi connectivity index (χ1n) is 9.85. The third-order valence-electron chi connectivity index (χ3n) is 5.89. The highest BCUT2D eigenvalue weighted by molar-refractivity contribution is 5.95. The van der Waals surface area contributed by atoms with Crippen LogP contribution in [0.15, 0.2) is 30.3 Å². The number of aromatic nitrogens is 2. The lowest BCUT2D eigenvalue weighted by atomic mass is 10.1. The number of nitrogens with zero attached hydrogens (tertiary/aromatic N) is 4. The van der Waals surface area contributed by atoms with Gasteiger partial charge in [0.2, 0.25) is 0 Å². The van der Waals surface area contributed by atoms with Crippen molar-refractivity contribution in [3.8, 4) is 11.3 Å². The maximum absolute atomic E-state index is 13.0. The van der Waals surface area contributed by atoms with Gasteiger partial charge in [-0.3, -0.25) is 4.79 Å². The molecular formula is C22H28N4O. The zero-order valence-electron chi connectivity index (χ0n) is 16.6. The maximum atomic E-state index is 13.0. The van der Waals surface area contributed by atoms with Crippen LogP contribution in [0.5, 0.6) is 0 Å². The molecule has 1 unspecified atom stereocenters. The van der Waals surface area contributed by atoms with Crippen LogP contribution in [0.3, 0.4) is 0 Å². The highest BCUT2D eigenvalue weighted by Gasteiger charge is 2.56. The van der Waals surface area contributed by atoms with Crippen LogP contribution in [0.4, 0.5) is 0 Å². The normalized spacial score (nSPS) is 23.6. The van der Waals surface area contributed by atoms with Crippen molar-refractivity contribution in [1.82, 2.24) is 19.8 Å². The van der Waals surface area contributed by atoms with Gasteiger partial charge < -0.3 is 9.80 Å². The fraction of sp³-hybridized carbons (Fsp3) is 0.500. The summed E-state index contributed by atoms with van der Waals surface area (Å²) in [7, 11) is 4.25. The van der Waals surface area contributed by atoms with Gasteiger partial charge in [0.1, 0.15) is 5.82 Å². The molecule has 1 aromatic carbocycles. The summed E-state index contributed by atoms with van der Waals surface area (Å²) in [6.07, 6.45) is 0.875. The third kappa shape index (κ3) is 3.61. The highest BCUT2D eigenvalue weighted by Crippen LogP contribution is 2.52. The first kappa shape index (κ1) is 18.1. The molecule has 0 spiro atoms. The molecule has 1 aliphatic heterocycles. The largest absolute Gasteiger partial charge is 0.338 e. The van der Waals surface area contributed by atoms with Crippen molar-refractivity contribution in [3.05, 3.63) is 47.4 Å². The molecule has 0 radical (unpaired) electrons. The summed E-state index contributed by atoms with van der Waals surface area (Å²) in [5.74, 6) is 3.07. The molecule has 5 nitrogen and oxygen atoms in total. The molecule has 5 heteroatoms. The lowest BCUT2D eigenvalue weighted by molar-refractivity contribution is 0.0765. The van der Waals surface area contributed by atoms with Crippen molar-refractivity contribution < 1.29 is 4.79 Å². The van der Waals surface area contributed by atoms with Crippen LogP contribution in [-0.2, 0) is 6.42 Å². The molecule has 1 saturated carbocycles. The Kier molecular flexibility index (Phi) is 4.72. The van der Waals surface area contributed by atoms with E-state index in [1.165, 1.54) is 0 Å². The smallest absolute Gasteiger partial charge is 0.253 e. The minimum atomic E-state index is 0.147. The second-order valence-electron chi connectivity index (χ2n) is 8.19. The molecule has 0 N–H and O–H groups in total. The number of amides is 1. The monoisotopic (exact) mass is 364 g/mol. The summed E-state index contributed by atoms with van der Waals surface area (Å²) in [4.78, 5) is 26.3. The van der Waals surface area contributed by atoms with Gasteiger partial charge in [-0.2, -0.15) is 0 Å². The van der Waals surface area contributed by atoms with Gasteiger partial charge in [-0.15, -0.1) is 0 Å². The summed E-state index contributed by atoms with van der Waals surface area (Å²) in [6, 6.07) is 9.89. The van der Waals surface area contributed by atoms with Crippen LogP contribution < -0.4 is 0 Å². The van der Waals surface area contributed by atoms with E-state index in [1.54, 1.807) is 0 Å². The Bertz CT molecular complexity index is 851. The molecule has 2 fully saturated rings. The molecule has 1 amide bonds. The average Bonchev–Trinajstić information content (AvgIpc) is 3.09. The van der Waals surface area contributed by atoms with Gasteiger partial charge in [-0.1, -0.05) is 19.1 Å². The van der Waals surface area contributed by atoms with E-state index in [9.17, 15) is 4.79 Å². The average molecular weight is 364 g/mol. The Balaban J connectivity index is 1.49. The zero-order chi connectivity index (χ0) is 19.1. The van der Waals surface area contributed by atoms with Gasteiger partial charge >= 0.3 is 0 Å². The van der Waals surface area contributed by atoms with E-state index < -0.39 is 0 Å². The maximum Gasteiger partial charge on any atom is 0.253 e. The lowest BCUT2D eigenvalue weighted by Crippen LogP contribution is -2.33. The van der Waals surface area contributed by atoms with E-state index in [0.29, 0.717) is 11.8 Å². The number of carbonyl (C=O) groups is 1. The van der Waals surface area contributed by atoms with Gasteiger partial charge in [-0.25, -0.2) is 9.97 Å². The van der Waals surface area contributed by atoms with Gasteiger partial charge in [-0.05, 0) is 63.4 Å². The Hall–Kier alpha value is -2.27. The Morgan fingerprint density at radius 2 is 1.93 bits per heavy atom. The van der Waals surface area contributed by atoms with E-state index in [2.05, 4.69) is 35.9 Å². The number of rotatable bonds is 5. The topological polar surface area (TPSA) is 49.3 Å². The highest BCUT2D eigenvalue weighted by atomic mass is 16.2. The standard InChI is InChI=1S/C22H28N4O/c1-5-17-10-21(24-14(2)23-17)15-7-6-8-16(9-15)22(27)26-12-19-18(11-25(3)4)20(19)13-26/h6-10,18-20H,5,11-13H2,1-4H3/t18?,19-,20+. The molecule has 1 aromatic heterocycles. The predicted molar refractivity (Wildman–Crippen MR) is 107 cm³/mol. The van der Waals surface area contributed by atoms with Crippen LogP contribution in [-0.4, -0.2) is 59.4 Å². The van der Waals surface area contributed by atoms with Crippen molar-refractivity contribution in [2.75, 3.05) is 33.7 Å². The van der Waals surface area contributed by atoms with E-state index in [4.69, 9.17) is 0 Å². The summed E-state index contributed by atoms with van der Waals surface area (Å²) in [6.45, 7) is 6.95. The van der Waals surface area contributed by atoms with E-state index in [-0.39, 0.29) is 5.91 Å². The first-order chi connectivity index (χ1) is 13.0. The number of hydrogen-bond donors (Lipinski definition) is 0. The lowest BCUT2D eigenvalue weighted by Gasteiger charge is -2.21. The molecule has 4 rings (SSSR count). The van der Waals surface area contributed by atoms with Crippen molar-refractivity contribution in [2.24, 2.45) is 17.8 Å². The molecule has 2 aromatic rings. The van der Waals surface area contributed by atoms with Crippen LogP contribution in [0, 0.1) is 24.7 Å². The second-order valence-corrected chi connectivity index (χ2v) is 8.19. The number of fused-ring (bicyclic) bond motifs is 1. The molecule has 27 heavy (non-hydrogen) atoms. The Labute approximate surface area is 161 Å². The van der Waals surface area contributed by atoms with Gasteiger partial charge in [0.25, 0.3) is 5.91 Å². The number of likely N-dealkylation sites (tertiary alicyclic amines) is 1. The van der Waals surface area contributed by atoms with Crippen LogP contribution >= 0.6 is 0 Å². The second kappa shape index (κ2) is 7.04. The van der Waals surface area contributed by atoms with Crippen LogP contribution in [0.1, 0.15) is 28.8 Å². The molecular weight excluding hydrogens is 336 g/mol. The van der Waals surface area contributed by atoms with Crippen molar-refractivity contribution in [1.29, 1.82) is 0 Å². The molecule has 2 heterocycles. The molecule has 1 aliphatic carbocycles. The minimum Gasteiger partial charge on any atom is -0.338 e.